The Hall–Kier alpha value is -1.30. The van der Waals surface area contributed by atoms with Crippen molar-refractivity contribution in [2.45, 2.75) is 83.4 Å². The third-order valence-electron chi connectivity index (χ3n) is 12.3. The van der Waals surface area contributed by atoms with Crippen molar-refractivity contribution in [2.24, 2.45) is 21.7 Å². The maximum atomic E-state index is 6.98. The van der Waals surface area contributed by atoms with E-state index in [-0.39, 0.29) is 21.7 Å². The van der Waals surface area contributed by atoms with Crippen molar-refractivity contribution >= 4 is 139 Å². The summed E-state index contributed by atoms with van der Waals surface area (Å²) in [5.41, 5.74) is -0.567. The minimum absolute atomic E-state index is 0.116. The highest BCUT2D eigenvalue weighted by Gasteiger charge is 2.42. The molecule has 0 saturated carbocycles. The van der Waals surface area contributed by atoms with Crippen LogP contribution in [0.1, 0.15) is 55.4 Å². The number of thioether (sulfide) groups is 6. The lowest BCUT2D eigenvalue weighted by Crippen LogP contribution is -2.26. The Morgan fingerprint density at radius 2 is 0.486 bits per heavy atom. The fourth-order valence-corrected chi connectivity index (χ4v) is 23.9. The van der Waals surface area contributed by atoms with E-state index < -0.39 is 0 Å². The zero-order chi connectivity index (χ0) is 48.5. The van der Waals surface area contributed by atoms with E-state index in [1.165, 1.54) is 39.1 Å². The molecule has 0 aliphatic carbocycles. The van der Waals surface area contributed by atoms with Gasteiger partial charge in [-0.05, 0) is 12.5 Å². The summed E-state index contributed by atoms with van der Waals surface area (Å²) in [6.45, 7) is 22.3. The van der Waals surface area contributed by atoms with Gasteiger partial charge in [-0.25, -0.2) is 0 Å². The van der Waals surface area contributed by atoms with Gasteiger partial charge in [0.05, 0.1) is 102 Å². The Morgan fingerprint density at radius 3 is 0.757 bits per heavy atom. The first-order chi connectivity index (χ1) is 33.5. The largest absolute Gasteiger partial charge is 0.487 e. The normalized spacial score (nSPS) is 20.4. The minimum Gasteiger partial charge on any atom is -0.487 e. The molecule has 0 radical (unpaired) electrons. The number of fused-ring (bicyclic) bond motifs is 6. The molecule has 6 aromatic heterocycles. The molecule has 0 unspecified atom stereocenters. The highest BCUT2D eigenvalue weighted by atomic mass is 32.2. The molecule has 0 atom stereocenters. The first-order valence-corrected chi connectivity index (χ1v) is 34.5. The van der Waals surface area contributed by atoms with Gasteiger partial charge in [0.2, 0.25) is 0 Å². The quantitative estimate of drug-likeness (QED) is 0.142. The zero-order valence-corrected chi connectivity index (χ0v) is 50.4. The standard InChI is InChI=1S/C50H54O8S12/c1-47(2)15-51-23-25(53-17-47)35(65-31(23)33-27-29(45(59-9)69-33)57-21-49(5,6)19-55-27)41-37-39(63-13-11-61-37)43(67-41)44-40-38(62-12-14-64-40)42(68-44)36-26-24(52-16-48(3,4)18-54-26)32(66-36)34-28-30(46(60-10)70-34)58-22-50(7,8)20-56-28/h11-22H2,1-10H3. The number of hydrogen-bond donors (Lipinski definition) is 0. The molecule has 374 valence electrons. The number of hydrogen-bond acceptors (Lipinski definition) is 20. The van der Waals surface area contributed by atoms with Crippen molar-refractivity contribution in [1.29, 1.82) is 0 Å². The molecule has 6 aliphatic heterocycles. The molecule has 0 amide bonds. The van der Waals surface area contributed by atoms with Crippen molar-refractivity contribution in [1.82, 2.24) is 0 Å². The Labute approximate surface area is 460 Å². The molecular formula is C50H54O8S12. The van der Waals surface area contributed by atoms with E-state index in [4.69, 9.17) is 37.9 Å². The van der Waals surface area contributed by atoms with Gasteiger partial charge in [0, 0.05) is 64.3 Å². The van der Waals surface area contributed by atoms with Crippen LogP contribution in [0.2, 0.25) is 0 Å². The summed E-state index contributed by atoms with van der Waals surface area (Å²) in [6.07, 6.45) is 4.24. The van der Waals surface area contributed by atoms with E-state index in [0.29, 0.717) is 52.9 Å². The van der Waals surface area contributed by atoms with Gasteiger partial charge in [0.1, 0.15) is 8.42 Å². The second kappa shape index (κ2) is 18.8. The third-order valence-corrected chi connectivity index (χ3v) is 28.0. The molecule has 0 aromatic carbocycles. The highest BCUT2D eigenvalue weighted by molar-refractivity contribution is 8.06. The number of rotatable bonds is 7. The molecule has 20 heteroatoms. The summed E-state index contributed by atoms with van der Waals surface area (Å²) >= 11 is 22.3. The molecule has 0 spiro atoms. The van der Waals surface area contributed by atoms with Crippen molar-refractivity contribution in [3.05, 3.63) is 0 Å². The summed E-state index contributed by atoms with van der Waals surface area (Å²) in [6, 6.07) is 0. The van der Waals surface area contributed by atoms with E-state index in [1.54, 1.807) is 68.9 Å². The van der Waals surface area contributed by atoms with Crippen molar-refractivity contribution in [2.75, 3.05) is 88.4 Å². The molecule has 0 N–H and O–H groups in total. The molecule has 0 saturated heterocycles. The van der Waals surface area contributed by atoms with Crippen LogP contribution in [0.25, 0.3) is 48.8 Å². The molecular weight excluding hydrogens is 1110 g/mol. The SMILES string of the molecule is CSc1sc(-c2sc(-c3sc(-c4sc(-c5sc(-c6sc(SC)c7c6OCC(C)(C)CO7)c6c5OCC(C)(C)CO6)c5c4SCCS5)c4c3SCCS4)c3c2OCC(C)(C)CO3)c2c1OCC(C)(C)CO2. The fraction of sp³-hybridized carbons (Fsp3) is 0.520. The van der Waals surface area contributed by atoms with Gasteiger partial charge in [0.15, 0.2) is 46.0 Å². The summed E-state index contributed by atoms with van der Waals surface area (Å²) in [5.74, 6) is 10.9. The van der Waals surface area contributed by atoms with Gasteiger partial charge in [-0.2, -0.15) is 0 Å². The average molecular weight is 1170 g/mol. The van der Waals surface area contributed by atoms with Gasteiger partial charge in [-0.3, -0.25) is 0 Å². The van der Waals surface area contributed by atoms with Crippen LogP contribution in [-0.2, 0) is 0 Å². The van der Waals surface area contributed by atoms with Gasteiger partial charge in [-0.1, -0.05) is 55.4 Å². The van der Waals surface area contributed by atoms with Gasteiger partial charge in [-0.15, -0.1) is 139 Å². The summed E-state index contributed by atoms with van der Waals surface area (Å²) in [5, 5.41) is 0. The molecule has 6 aromatic rings. The average Bonchev–Trinajstić information content (AvgIpc) is 4.14. The highest BCUT2D eigenvalue weighted by Crippen LogP contribution is 2.68. The van der Waals surface area contributed by atoms with E-state index in [9.17, 15) is 0 Å². The monoisotopic (exact) mass is 1170 g/mol. The molecule has 12 heterocycles. The van der Waals surface area contributed by atoms with Crippen LogP contribution in [0, 0.1) is 21.7 Å². The summed E-state index contributed by atoms with van der Waals surface area (Å²) in [4.78, 5) is 17.2. The van der Waals surface area contributed by atoms with Crippen LogP contribution < -0.4 is 37.9 Å². The van der Waals surface area contributed by atoms with Crippen LogP contribution in [0.5, 0.6) is 46.0 Å². The molecule has 6 aliphatic rings. The Bertz CT molecular complexity index is 2830. The second-order valence-corrected chi connectivity index (χ2v) is 33.9. The predicted octanol–water partition coefficient (Wildman–Crippen LogP) is 17.4. The Kier molecular flexibility index (Phi) is 13.3. The van der Waals surface area contributed by atoms with Crippen LogP contribution in [0.3, 0.4) is 0 Å². The Morgan fingerprint density at radius 1 is 0.286 bits per heavy atom. The summed E-state index contributed by atoms with van der Waals surface area (Å²) in [7, 11) is 0. The molecule has 8 nitrogen and oxygen atoms in total. The second-order valence-electron chi connectivity index (χ2n) is 21.2. The topological polar surface area (TPSA) is 73.8 Å². The molecule has 0 fully saturated rings. The number of thiophene rings is 6. The third kappa shape index (κ3) is 8.82. The molecule has 12 rings (SSSR count). The fourth-order valence-electron chi connectivity index (χ4n) is 8.57. The molecule has 70 heavy (non-hydrogen) atoms. The summed E-state index contributed by atoms with van der Waals surface area (Å²) < 4.78 is 56.6. The van der Waals surface area contributed by atoms with E-state index in [1.807, 2.05) is 69.7 Å². The van der Waals surface area contributed by atoms with Crippen molar-refractivity contribution in [3.63, 3.8) is 0 Å². The number of ether oxygens (including phenoxy) is 8. The predicted molar refractivity (Wildman–Crippen MR) is 306 cm³/mol. The Balaban J connectivity index is 1.02. The minimum atomic E-state index is -0.168. The van der Waals surface area contributed by atoms with Crippen molar-refractivity contribution in [3.8, 4) is 94.8 Å². The lowest BCUT2D eigenvalue weighted by molar-refractivity contribution is 0.139. The first-order valence-electron chi connectivity index (χ1n) is 23.2. The molecule has 0 bridgehead atoms. The van der Waals surface area contributed by atoms with E-state index in [0.717, 1.165) is 107 Å². The van der Waals surface area contributed by atoms with Crippen LogP contribution >= 0.6 is 139 Å². The van der Waals surface area contributed by atoms with Gasteiger partial charge >= 0.3 is 0 Å². The van der Waals surface area contributed by atoms with E-state index >= 15 is 0 Å². The van der Waals surface area contributed by atoms with Crippen LogP contribution in [-0.4, -0.2) is 88.4 Å². The van der Waals surface area contributed by atoms with Crippen LogP contribution in [0.15, 0.2) is 28.0 Å². The van der Waals surface area contributed by atoms with Gasteiger partial charge < -0.3 is 37.9 Å². The zero-order valence-electron chi connectivity index (χ0n) is 40.7. The maximum absolute atomic E-state index is 6.98. The lowest BCUT2D eigenvalue weighted by atomic mass is 9.96. The van der Waals surface area contributed by atoms with Gasteiger partial charge in [0.25, 0.3) is 0 Å². The van der Waals surface area contributed by atoms with E-state index in [2.05, 4.69) is 67.9 Å². The lowest BCUT2D eigenvalue weighted by Gasteiger charge is -2.20. The van der Waals surface area contributed by atoms with Crippen LogP contribution in [0.4, 0.5) is 0 Å². The maximum Gasteiger partial charge on any atom is 0.186 e. The smallest absolute Gasteiger partial charge is 0.186 e. The van der Waals surface area contributed by atoms with Crippen molar-refractivity contribution < 1.29 is 37.9 Å². The first kappa shape index (κ1) is 49.6.